The summed E-state index contributed by atoms with van der Waals surface area (Å²) in [6, 6.07) is 13.2. The molecule has 0 saturated heterocycles. The topological polar surface area (TPSA) is 48.7 Å². The highest BCUT2D eigenvalue weighted by molar-refractivity contribution is 5.87. The molecule has 4 nitrogen and oxygen atoms in total. The Kier molecular flexibility index (Phi) is 5.08. The van der Waals surface area contributed by atoms with E-state index in [-0.39, 0.29) is 5.63 Å². The number of fused-ring (bicyclic) bond motifs is 1. The Hall–Kier alpha value is -2.75. The van der Waals surface area contributed by atoms with Crippen LogP contribution in [0.5, 0.6) is 11.5 Å². The summed E-state index contributed by atoms with van der Waals surface area (Å²) in [6.45, 7) is 4.47. The van der Waals surface area contributed by atoms with Gasteiger partial charge in [0.15, 0.2) is 0 Å². The third-order valence-electron chi connectivity index (χ3n) is 4.08. The first kappa shape index (κ1) is 17.1. The van der Waals surface area contributed by atoms with Crippen LogP contribution < -0.4 is 15.1 Å². The van der Waals surface area contributed by atoms with Gasteiger partial charge in [0.2, 0.25) is 0 Å². The largest absolute Gasteiger partial charge is 0.497 e. The van der Waals surface area contributed by atoms with Gasteiger partial charge < -0.3 is 13.9 Å². The maximum Gasteiger partial charge on any atom is 0.336 e. The van der Waals surface area contributed by atoms with Crippen molar-refractivity contribution in [1.82, 2.24) is 0 Å². The number of methoxy groups -OCH3 is 1. The maximum atomic E-state index is 11.8. The van der Waals surface area contributed by atoms with Crippen LogP contribution in [0.2, 0.25) is 0 Å². The van der Waals surface area contributed by atoms with Crippen molar-refractivity contribution in [3.63, 3.8) is 0 Å². The van der Waals surface area contributed by atoms with Crippen LogP contribution in [-0.2, 0) is 13.0 Å². The van der Waals surface area contributed by atoms with Gasteiger partial charge in [0, 0.05) is 6.07 Å². The van der Waals surface area contributed by atoms with Crippen LogP contribution >= 0.6 is 0 Å². The van der Waals surface area contributed by atoms with E-state index in [0.717, 1.165) is 46.4 Å². The minimum Gasteiger partial charge on any atom is -0.497 e. The predicted molar refractivity (Wildman–Crippen MR) is 98.5 cm³/mol. The molecule has 0 aliphatic rings. The molecule has 3 aromatic rings. The molecular weight excluding hydrogens is 316 g/mol. The molecule has 0 fully saturated rings. The Balaban J connectivity index is 2.01. The summed E-state index contributed by atoms with van der Waals surface area (Å²) in [5.74, 6) is 1.54. The van der Waals surface area contributed by atoms with E-state index in [1.54, 1.807) is 13.2 Å². The first-order valence-corrected chi connectivity index (χ1v) is 8.44. The summed E-state index contributed by atoms with van der Waals surface area (Å²) in [5, 5.41) is 0.884. The Morgan fingerprint density at radius 2 is 1.96 bits per heavy atom. The normalized spacial score (nSPS) is 10.8. The molecule has 0 N–H and O–H groups in total. The Morgan fingerprint density at radius 3 is 2.72 bits per heavy atom. The summed E-state index contributed by atoms with van der Waals surface area (Å²) in [4.78, 5) is 11.8. The molecular formula is C21H22O4. The lowest BCUT2D eigenvalue weighted by Crippen LogP contribution is -2.03. The Bertz CT molecular complexity index is 940. The van der Waals surface area contributed by atoms with Crippen molar-refractivity contribution in [3.8, 4) is 11.5 Å². The molecule has 0 unspecified atom stereocenters. The second-order valence-electron chi connectivity index (χ2n) is 6.12. The smallest absolute Gasteiger partial charge is 0.336 e. The standard InChI is InChI=1S/C21H22O4/c1-4-6-16-12-20(22)25-19-10-14(2)9-18(21(16)19)24-13-15-7-5-8-17(11-15)23-3/h5,7-12H,4,6,13H2,1-3H3. The average Bonchev–Trinajstić information content (AvgIpc) is 2.59. The average molecular weight is 338 g/mol. The molecule has 0 bridgehead atoms. The van der Waals surface area contributed by atoms with Crippen molar-refractivity contribution in [1.29, 1.82) is 0 Å². The van der Waals surface area contributed by atoms with Gasteiger partial charge in [0.1, 0.15) is 23.7 Å². The van der Waals surface area contributed by atoms with Gasteiger partial charge in [-0.2, -0.15) is 0 Å². The SMILES string of the molecule is CCCc1cc(=O)oc2cc(C)cc(OCc3cccc(OC)c3)c12. The lowest BCUT2D eigenvalue weighted by Gasteiger charge is -2.13. The van der Waals surface area contributed by atoms with E-state index in [4.69, 9.17) is 13.9 Å². The minimum absolute atomic E-state index is 0.319. The van der Waals surface area contributed by atoms with Gasteiger partial charge in [-0.1, -0.05) is 25.5 Å². The van der Waals surface area contributed by atoms with Gasteiger partial charge in [-0.3, -0.25) is 0 Å². The van der Waals surface area contributed by atoms with E-state index in [9.17, 15) is 4.79 Å². The van der Waals surface area contributed by atoms with E-state index < -0.39 is 0 Å². The molecule has 0 radical (unpaired) electrons. The number of ether oxygens (including phenoxy) is 2. The van der Waals surface area contributed by atoms with Crippen LogP contribution in [0.4, 0.5) is 0 Å². The first-order valence-electron chi connectivity index (χ1n) is 8.44. The summed E-state index contributed by atoms with van der Waals surface area (Å²) in [7, 11) is 1.65. The Morgan fingerprint density at radius 1 is 1.12 bits per heavy atom. The van der Waals surface area contributed by atoms with Gasteiger partial charge in [-0.05, 0) is 54.3 Å². The van der Waals surface area contributed by atoms with Crippen LogP contribution in [0.1, 0.15) is 30.0 Å². The quantitative estimate of drug-likeness (QED) is 0.614. The van der Waals surface area contributed by atoms with Gasteiger partial charge in [-0.15, -0.1) is 0 Å². The summed E-state index contributed by atoms with van der Waals surface area (Å²) in [5.41, 5.74) is 3.24. The lowest BCUT2D eigenvalue weighted by atomic mass is 10.0. The number of rotatable bonds is 6. The molecule has 1 aromatic heterocycles. The first-order chi connectivity index (χ1) is 12.1. The third kappa shape index (κ3) is 3.85. The van der Waals surface area contributed by atoms with Gasteiger partial charge >= 0.3 is 5.63 Å². The second kappa shape index (κ2) is 7.43. The van der Waals surface area contributed by atoms with E-state index in [1.165, 1.54) is 0 Å². The third-order valence-corrected chi connectivity index (χ3v) is 4.08. The van der Waals surface area contributed by atoms with E-state index in [0.29, 0.717) is 12.2 Å². The van der Waals surface area contributed by atoms with Crippen LogP contribution in [0, 0.1) is 6.92 Å². The summed E-state index contributed by atoms with van der Waals surface area (Å²) < 4.78 is 16.8. The predicted octanol–water partition coefficient (Wildman–Crippen LogP) is 4.64. The molecule has 3 rings (SSSR count). The second-order valence-corrected chi connectivity index (χ2v) is 6.12. The highest BCUT2D eigenvalue weighted by Gasteiger charge is 2.12. The van der Waals surface area contributed by atoms with E-state index >= 15 is 0 Å². The van der Waals surface area contributed by atoms with Crippen LogP contribution in [0.15, 0.2) is 51.7 Å². The monoisotopic (exact) mass is 338 g/mol. The lowest BCUT2D eigenvalue weighted by molar-refractivity contribution is 0.308. The van der Waals surface area contributed by atoms with Crippen molar-refractivity contribution in [2.24, 2.45) is 0 Å². The molecule has 0 aliphatic carbocycles. The Labute approximate surface area is 147 Å². The highest BCUT2D eigenvalue weighted by atomic mass is 16.5. The molecule has 25 heavy (non-hydrogen) atoms. The fourth-order valence-electron chi connectivity index (χ4n) is 2.97. The molecule has 0 saturated carbocycles. The zero-order valence-corrected chi connectivity index (χ0v) is 14.8. The van der Waals surface area contributed by atoms with Crippen molar-refractivity contribution in [2.75, 3.05) is 7.11 Å². The number of hydrogen-bond donors (Lipinski definition) is 0. The van der Waals surface area contributed by atoms with Crippen molar-refractivity contribution in [2.45, 2.75) is 33.3 Å². The van der Waals surface area contributed by atoms with E-state index in [2.05, 4.69) is 6.92 Å². The van der Waals surface area contributed by atoms with Crippen molar-refractivity contribution < 1.29 is 13.9 Å². The zero-order valence-electron chi connectivity index (χ0n) is 14.8. The number of aryl methyl sites for hydroxylation is 2. The fraction of sp³-hybridized carbons (Fsp3) is 0.286. The van der Waals surface area contributed by atoms with Crippen LogP contribution in [-0.4, -0.2) is 7.11 Å². The molecule has 0 spiro atoms. The van der Waals surface area contributed by atoms with Crippen molar-refractivity contribution >= 4 is 11.0 Å². The number of hydrogen-bond acceptors (Lipinski definition) is 4. The zero-order chi connectivity index (χ0) is 17.8. The maximum absolute atomic E-state index is 11.8. The number of benzene rings is 2. The molecule has 0 atom stereocenters. The molecule has 4 heteroatoms. The van der Waals surface area contributed by atoms with Crippen LogP contribution in [0.3, 0.4) is 0 Å². The molecule has 0 aliphatic heterocycles. The van der Waals surface area contributed by atoms with Gasteiger partial charge in [0.05, 0.1) is 12.5 Å². The summed E-state index contributed by atoms with van der Waals surface area (Å²) >= 11 is 0. The van der Waals surface area contributed by atoms with Crippen molar-refractivity contribution in [3.05, 3.63) is 69.6 Å². The molecule has 1 heterocycles. The van der Waals surface area contributed by atoms with Crippen LogP contribution in [0.25, 0.3) is 11.0 Å². The molecule has 0 amide bonds. The minimum atomic E-state index is -0.319. The highest BCUT2D eigenvalue weighted by Crippen LogP contribution is 2.31. The van der Waals surface area contributed by atoms with Gasteiger partial charge in [-0.25, -0.2) is 4.79 Å². The van der Waals surface area contributed by atoms with E-state index in [1.807, 2.05) is 43.3 Å². The van der Waals surface area contributed by atoms with Gasteiger partial charge in [0.25, 0.3) is 0 Å². The molecule has 2 aromatic carbocycles. The fourth-order valence-corrected chi connectivity index (χ4v) is 2.97. The molecule has 130 valence electrons. The summed E-state index contributed by atoms with van der Waals surface area (Å²) in [6.07, 6.45) is 1.75.